The van der Waals surface area contributed by atoms with Crippen molar-refractivity contribution >= 4 is 17.7 Å². The number of likely N-dealkylation sites (N-methyl/N-ethyl adjacent to an activating group) is 1. The highest BCUT2D eigenvalue weighted by Crippen LogP contribution is 1.93. The third-order valence-corrected chi connectivity index (χ3v) is 2.02. The van der Waals surface area contributed by atoms with Crippen molar-refractivity contribution in [3.05, 3.63) is 0 Å². The molecular formula is C8H18N2OS. The van der Waals surface area contributed by atoms with E-state index >= 15 is 0 Å². The Labute approximate surface area is 78.7 Å². The summed E-state index contributed by atoms with van der Waals surface area (Å²) in [5.41, 5.74) is 0. The minimum atomic E-state index is 0.155. The summed E-state index contributed by atoms with van der Waals surface area (Å²) >= 11 is 1.70. The molecule has 0 atom stereocenters. The van der Waals surface area contributed by atoms with Crippen LogP contribution < -0.4 is 10.6 Å². The Morgan fingerprint density at radius 3 is 2.75 bits per heavy atom. The molecular weight excluding hydrogens is 172 g/mol. The van der Waals surface area contributed by atoms with Crippen molar-refractivity contribution in [2.24, 2.45) is 0 Å². The van der Waals surface area contributed by atoms with Gasteiger partial charge < -0.3 is 10.6 Å². The zero-order valence-electron chi connectivity index (χ0n) is 7.85. The van der Waals surface area contributed by atoms with Gasteiger partial charge in [-0.05, 0) is 12.8 Å². The zero-order valence-corrected chi connectivity index (χ0v) is 8.67. The van der Waals surface area contributed by atoms with E-state index in [0.29, 0.717) is 6.42 Å². The predicted octanol–water partition coefficient (Wildman–Crippen LogP) is 0.465. The van der Waals surface area contributed by atoms with Gasteiger partial charge in [0.15, 0.2) is 0 Å². The van der Waals surface area contributed by atoms with Gasteiger partial charge in [0, 0.05) is 25.3 Å². The van der Waals surface area contributed by atoms with Crippen LogP contribution in [0, 0.1) is 0 Å². The van der Waals surface area contributed by atoms with Crippen LogP contribution in [0.3, 0.4) is 0 Å². The molecule has 2 N–H and O–H groups in total. The molecule has 4 heteroatoms. The normalized spacial score (nSPS) is 9.83. The molecule has 0 unspecified atom stereocenters. The van der Waals surface area contributed by atoms with Crippen LogP contribution in [0.2, 0.25) is 0 Å². The molecule has 12 heavy (non-hydrogen) atoms. The highest BCUT2D eigenvalue weighted by Gasteiger charge is 1.97. The van der Waals surface area contributed by atoms with Crippen LogP contribution in [0.25, 0.3) is 0 Å². The summed E-state index contributed by atoms with van der Waals surface area (Å²) in [4.78, 5) is 11.0. The number of amides is 1. The largest absolute Gasteiger partial charge is 0.355 e. The molecule has 0 aliphatic carbocycles. The first-order chi connectivity index (χ1) is 5.81. The Hall–Kier alpha value is -0.220. The Balaban J connectivity index is 3.08. The Kier molecular flexibility index (Phi) is 8.71. The Bertz CT molecular complexity index is 120. The predicted molar refractivity (Wildman–Crippen MR) is 54.6 cm³/mol. The fourth-order valence-electron chi connectivity index (χ4n) is 0.750. The van der Waals surface area contributed by atoms with Crippen LogP contribution in [-0.4, -0.2) is 37.6 Å². The van der Waals surface area contributed by atoms with Crippen LogP contribution in [-0.2, 0) is 4.79 Å². The monoisotopic (exact) mass is 190 g/mol. The second-order valence-electron chi connectivity index (χ2n) is 2.45. The van der Waals surface area contributed by atoms with E-state index in [1.165, 1.54) is 0 Å². The van der Waals surface area contributed by atoms with Gasteiger partial charge in [0.1, 0.15) is 0 Å². The Morgan fingerprint density at radius 1 is 1.42 bits per heavy atom. The molecule has 0 saturated carbocycles. The molecule has 0 heterocycles. The van der Waals surface area contributed by atoms with Gasteiger partial charge in [0.05, 0.1) is 0 Å². The molecule has 0 radical (unpaired) electrons. The fourth-order valence-corrected chi connectivity index (χ4v) is 1.14. The van der Waals surface area contributed by atoms with Gasteiger partial charge in [-0.15, -0.1) is 0 Å². The van der Waals surface area contributed by atoms with Crippen molar-refractivity contribution in [3.8, 4) is 0 Å². The lowest BCUT2D eigenvalue weighted by Crippen LogP contribution is -2.31. The third kappa shape index (κ3) is 7.88. The number of carbonyl (C=O) groups is 1. The van der Waals surface area contributed by atoms with E-state index in [0.717, 1.165) is 25.4 Å². The van der Waals surface area contributed by atoms with Gasteiger partial charge in [-0.1, -0.05) is 6.92 Å². The van der Waals surface area contributed by atoms with Crippen molar-refractivity contribution < 1.29 is 4.79 Å². The second-order valence-corrected chi connectivity index (χ2v) is 3.43. The summed E-state index contributed by atoms with van der Waals surface area (Å²) < 4.78 is 0. The van der Waals surface area contributed by atoms with E-state index in [4.69, 9.17) is 0 Å². The van der Waals surface area contributed by atoms with Crippen LogP contribution in [0.1, 0.15) is 13.3 Å². The first-order valence-electron chi connectivity index (χ1n) is 4.27. The molecule has 0 saturated heterocycles. The molecule has 72 valence electrons. The molecule has 0 bridgehead atoms. The summed E-state index contributed by atoms with van der Waals surface area (Å²) in [5, 5.41) is 5.98. The molecule has 3 nitrogen and oxygen atoms in total. The average Bonchev–Trinajstić information content (AvgIpc) is 2.09. The second kappa shape index (κ2) is 8.87. The topological polar surface area (TPSA) is 41.1 Å². The van der Waals surface area contributed by atoms with Gasteiger partial charge in [-0.25, -0.2) is 0 Å². The van der Waals surface area contributed by atoms with Gasteiger partial charge in [0.2, 0.25) is 5.91 Å². The van der Waals surface area contributed by atoms with E-state index < -0.39 is 0 Å². The SMILES string of the molecule is CCNCCNC(=O)CCSC. The van der Waals surface area contributed by atoms with E-state index in [9.17, 15) is 4.79 Å². The lowest BCUT2D eigenvalue weighted by atomic mass is 10.4. The number of rotatable bonds is 7. The standard InChI is InChI=1S/C8H18N2OS/c1-3-9-5-6-10-8(11)4-7-12-2/h9H,3-7H2,1-2H3,(H,10,11). The quantitative estimate of drug-likeness (QED) is 0.573. The molecule has 0 fully saturated rings. The van der Waals surface area contributed by atoms with Crippen molar-refractivity contribution in [3.63, 3.8) is 0 Å². The highest BCUT2D eigenvalue weighted by molar-refractivity contribution is 7.98. The molecule has 0 rings (SSSR count). The zero-order chi connectivity index (χ0) is 9.23. The molecule has 0 aromatic rings. The van der Waals surface area contributed by atoms with Crippen LogP contribution >= 0.6 is 11.8 Å². The number of nitrogens with one attached hydrogen (secondary N) is 2. The molecule has 0 aliphatic rings. The van der Waals surface area contributed by atoms with Crippen LogP contribution in [0.4, 0.5) is 0 Å². The van der Waals surface area contributed by atoms with E-state index in [1.54, 1.807) is 11.8 Å². The lowest BCUT2D eigenvalue weighted by Gasteiger charge is -2.04. The van der Waals surface area contributed by atoms with Crippen molar-refractivity contribution in [2.45, 2.75) is 13.3 Å². The average molecular weight is 190 g/mol. The highest BCUT2D eigenvalue weighted by atomic mass is 32.2. The van der Waals surface area contributed by atoms with Crippen LogP contribution in [0.15, 0.2) is 0 Å². The molecule has 0 aliphatic heterocycles. The molecule has 0 aromatic carbocycles. The molecule has 0 aromatic heterocycles. The van der Waals surface area contributed by atoms with Gasteiger partial charge in [-0.2, -0.15) is 11.8 Å². The van der Waals surface area contributed by atoms with Gasteiger partial charge >= 0.3 is 0 Å². The lowest BCUT2D eigenvalue weighted by molar-refractivity contribution is -0.120. The number of carbonyl (C=O) groups excluding carboxylic acids is 1. The summed E-state index contributed by atoms with van der Waals surface area (Å²) in [6.07, 6.45) is 2.64. The number of thioether (sulfide) groups is 1. The summed E-state index contributed by atoms with van der Waals surface area (Å²) in [7, 11) is 0. The van der Waals surface area contributed by atoms with E-state index in [1.807, 2.05) is 6.26 Å². The van der Waals surface area contributed by atoms with Crippen LogP contribution in [0.5, 0.6) is 0 Å². The fraction of sp³-hybridized carbons (Fsp3) is 0.875. The maximum Gasteiger partial charge on any atom is 0.220 e. The minimum absolute atomic E-state index is 0.155. The smallest absolute Gasteiger partial charge is 0.220 e. The first kappa shape index (κ1) is 11.8. The molecule has 1 amide bonds. The number of hydrogen-bond donors (Lipinski definition) is 2. The van der Waals surface area contributed by atoms with Gasteiger partial charge in [0.25, 0.3) is 0 Å². The maximum absolute atomic E-state index is 11.0. The molecule has 0 spiro atoms. The van der Waals surface area contributed by atoms with E-state index in [2.05, 4.69) is 17.6 Å². The maximum atomic E-state index is 11.0. The first-order valence-corrected chi connectivity index (χ1v) is 5.67. The van der Waals surface area contributed by atoms with Crippen molar-refractivity contribution in [1.29, 1.82) is 0 Å². The Morgan fingerprint density at radius 2 is 2.17 bits per heavy atom. The third-order valence-electron chi connectivity index (χ3n) is 1.41. The van der Waals surface area contributed by atoms with Crippen molar-refractivity contribution in [1.82, 2.24) is 10.6 Å². The summed E-state index contributed by atoms with van der Waals surface area (Å²) in [5.74, 6) is 1.06. The summed E-state index contributed by atoms with van der Waals surface area (Å²) in [6.45, 7) is 4.61. The van der Waals surface area contributed by atoms with Crippen molar-refractivity contribution in [2.75, 3.05) is 31.6 Å². The van der Waals surface area contributed by atoms with E-state index in [-0.39, 0.29) is 5.91 Å². The number of hydrogen-bond acceptors (Lipinski definition) is 3. The minimum Gasteiger partial charge on any atom is -0.355 e. The van der Waals surface area contributed by atoms with Gasteiger partial charge in [-0.3, -0.25) is 4.79 Å². The summed E-state index contributed by atoms with van der Waals surface area (Å²) in [6, 6.07) is 0.